The highest BCUT2D eigenvalue weighted by Gasteiger charge is 2.12. The molecule has 0 unspecified atom stereocenters. The minimum absolute atomic E-state index is 0.143. The van der Waals surface area contributed by atoms with Crippen LogP contribution in [0.2, 0.25) is 0 Å². The number of rotatable bonds is 9. The normalized spacial score (nSPS) is 10.9. The topological polar surface area (TPSA) is 54.0 Å². The first-order chi connectivity index (χ1) is 13.1. The molecule has 5 nitrogen and oxygen atoms in total. The van der Waals surface area contributed by atoms with Crippen LogP contribution >= 0.6 is 0 Å². The Morgan fingerprint density at radius 1 is 1.04 bits per heavy atom. The fourth-order valence-corrected chi connectivity index (χ4v) is 2.39. The van der Waals surface area contributed by atoms with Gasteiger partial charge in [-0.05, 0) is 24.6 Å². The molecule has 0 fully saturated rings. The van der Waals surface area contributed by atoms with E-state index < -0.39 is 5.97 Å². The lowest BCUT2D eigenvalue weighted by atomic mass is 10.1. The number of ether oxygens (including phenoxy) is 4. The SMILES string of the molecule is C#C.COC[C@H](C)Oc1cc(OCCc2ccccc2)cc(C(=O)OC)c1. The van der Waals surface area contributed by atoms with Crippen molar-refractivity contribution in [1.29, 1.82) is 0 Å². The van der Waals surface area contributed by atoms with Crippen LogP contribution in [-0.2, 0) is 15.9 Å². The van der Waals surface area contributed by atoms with E-state index in [1.54, 1.807) is 25.3 Å². The average molecular weight is 370 g/mol. The molecule has 2 rings (SSSR count). The molecule has 0 radical (unpaired) electrons. The van der Waals surface area contributed by atoms with Crippen molar-refractivity contribution >= 4 is 5.97 Å². The second-order valence-corrected chi connectivity index (χ2v) is 5.65. The Balaban J connectivity index is 0.00000176. The first-order valence-corrected chi connectivity index (χ1v) is 8.51. The van der Waals surface area contributed by atoms with Crippen LogP contribution in [0.15, 0.2) is 48.5 Å². The maximum absolute atomic E-state index is 11.9. The Labute approximate surface area is 161 Å². The second kappa shape index (κ2) is 12.4. The summed E-state index contributed by atoms with van der Waals surface area (Å²) in [5.74, 6) is 0.679. The minimum atomic E-state index is -0.433. The monoisotopic (exact) mass is 370 g/mol. The lowest BCUT2D eigenvalue weighted by Crippen LogP contribution is -2.18. The molecule has 0 N–H and O–H groups in total. The fraction of sp³-hybridized carbons (Fsp3) is 0.318. The number of carbonyl (C=O) groups is 1. The Morgan fingerprint density at radius 2 is 1.70 bits per heavy atom. The third-order valence-electron chi connectivity index (χ3n) is 3.54. The van der Waals surface area contributed by atoms with Gasteiger partial charge < -0.3 is 18.9 Å². The molecule has 0 aliphatic rings. The summed E-state index contributed by atoms with van der Waals surface area (Å²) in [5, 5.41) is 0. The summed E-state index contributed by atoms with van der Waals surface area (Å²) in [6.07, 6.45) is 8.63. The molecule has 0 aliphatic carbocycles. The van der Waals surface area contributed by atoms with Gasteiger partial charge in [-0.15, -0.1) is 12.8 Å². The van der Waals surface area contributed by atoms with E-state index in [9.17, 15) is 4.79 Å². The number of benzene rings is 2. The molecule has 5 heteroatoms. The van der Waals surface area contributed by atoms with Gasteiger partial charge >= 0.3 is 5.97 Å². The van der Waals surface area contributed by atoms with Gasteiger partial charge in [-0.3, -0.25) is 0 Å². The molecule has 0 spiro atoms. The van der Waals surface area contributed by atoms with Gasteiger partial charge in [-0.2, -0.15) is 0 Å². The first kappa shape index (κ1) is 22.1. The van der Waals surface area contributed by atoms with Gasteiger partial charge in [0, 0.05) is 19.6 Å². The second-order valence-electron chi connectivity index (χ2n) is 5.65. The van der Waals surface area contributed by atoms with Gasteiger partial charge in [0.25, 0.3) is 0 Å². The molecule has 2 aromatic carbocycles. The average Bonchev–Trinajstić information content (AvgIpc) is 2.69. The van der Waals surface area contributed by atoms with Crippen LogP contribution < -0.4 is 9.47 Å². The highest BCUT2D eigenvalue weighted by Crippen LogP contribution is 2.25. The Hall–Kier alpha value is -2.97. The highest BCUT2D eigenvalue weighted by molar-refractivity contribution is 5.90. The molecule has 1 atom stereocenters. The van der Waals surface area contributed by atoms with Crippen molar-refractivity contribution in [1.82, 2.24) is 0 Å². The third-order valence-corrected chi connectivity index (χ3v) is 3.54. The number of hydrogen-bond donors (Lipinski definition) is 0. The van der Waals surface area contributed by atoms with Gasteiger partial charge in [0.1, 0.15) is 17.6 Å². The molecule has 0 saturated heterocycles. The maximum Gasteiger partial charge on any atom is 0.338 e. The third kappa shape index (κ3) is 7.85. The summed E-state index contributed by atoms with van der Waals surface area (Å²) in [4.78, 5) is 11.9. The van der Waals surface area contributed by atoms with Gasteiger partial charge in [0.15, 0.2) is 0 Å². The van der Waals surface area contributed by atoms with Gasteiger partial charge in [0.05, 0.1) is 25.9 Å². The Kier molecular flexibility index (Phi) is 10.1. The number of methoxy groups -OCH3 is 2. The Morgan fingerprint density at radius 3 is 2.33 bits per heavy atom. The van der Waals surface area contributed by atoms with E-state index in [0.717, 1.165) is 6.42 Å². The molecule has 144 valence electrons. The summed E-state index contributed by atoms with van der Waals surface area (Å²) in [6.45, 7) is 2.85. The molecular weight excluding hydrogens is 344 g/mol. The molecule has 0 saturated carbocycles. The summed E-state index contributed by atoms with van der Waals surface area (Å²) in [6, 6.07) is 15.1. The smallest absolute Gasteiger partial charge is 0.338 e. The zero-order chi connectivity index (χ0) is 20.1. The summed E-state index contributed by atoms with van der Waals surface area (Å²) >= 11 is 0. The quantitative estimate of drug-likeness (QED) is 0.497. The van der Waals surface area contributed by atoms with Crippen molar-refractivity contribution in [2.45, 2.75) is 19.4 Å². The van der Waals surface area contributed by atoms with Crippen LogP contribution in [-0.4, -0.2) is 39.5 Å². The van der Waals surface area contributed by atoms with E-state index in [-0.39, 0.29) is 6.10 Å². The highest BCUT2D eigenvalue weighted by atomic mass is 16.5. The van der Waals surface area contributed by atoms with Crippen LogP contribution in [0, 0.1) is 12.8 Å². The molecule has 0 heterocycles. The van der Waals surface area contributed by atoms with E-state index in [1.807, 2.05) is 25.1 Å². The van der Waals surface area contributed by atoms with Gasteiger partial charge in [-0.25, -0.2) is 4.79 Å². The molecule has 0 amide bonds. The summed E-state index contributed by atoms with van der Waals surface area (Å²) in [7, 11) is 2.96. The largest absolute Gasteiger partial charge is 0.493 e. The summed E-state index contributed by atoms with van der Waals surface area (Å²) in [5.41, 5.74) is 1.58. The van der Waals surface area contributed by atoms with Crippen molar-refractivity contribution < 1.29 is 23.7 Å². The number of esters is 1. The number of terminal acetylenes is 1. The number of hydrogen-bond acceptors (Lipinski definition) is 5. The summed E-state index contributed by atoms with van der Waals surface area (Å²) < 4.78 is 21.5. The van der Waals surface area contributed by atoms with Crippen LogP contribution in [0.25, 0.3) is 0 Å². The molecule has 0 aliphatic heterocycles. The van der Waals surface area contributed by atoms with Crippen molar-refractivity contribution in [2.24, 2.45) is 0 Å². The zero-order valence-corrected chi connectivity index (χ0v) is 16.0. The van der Waals surface area contributed by atoms with Gasteiger partial charge in [0.2, 0.25) is 0 Å². The van der Waals surface area contributed by atoms with Crippen molar-refractivity contribution in [3.63, 3.8) is 0 Å². The number of carbonyl (C=O) groups excluding carboxylic acids is 1. The van der Waals surface area contributed by atoms with E-state index >= 15 is 0 Å². The lowest BCUT2D eigenvalue weighted by molar-refractivity contribution is 0.0598. The molecular formula is C22H26O5. The first-order valence-electron chi connectivity index (χ1n) is 8.51. The fourth-order valence-electron chi connectivity index (χ4n) is 2.39. The molecule has 0 aromatic heterocycles. The van der Waals surface area contributed by atoms with Crippen LogP contribution in [0.1, 0.15) is 22.8 Å². The van der Waals surface area contributed by atoms with E-state index in [0.29, 0.717) is 30.3 Å². The molecule has 2 aromatic rings. The van der Waals surface area contributed by atoms with E-state index in [2.05, 4.69) is 25.0 Å². The van der Waals surface area contributed by atoms with E-state index in [1.165, 1.54) is 12.7 Å². The minimum Gasteiger partial charge on any atom is -0.493 e. The molecule has 0 bridgehead atoms. The van der Waals surface area contributed by atoms with Gasteiger partial charge in [-0.1, -0.05) is 30.3 Å². The van der Waals surface area contributed by atoms with Crippen molar-refractivity contribution in [2.75, 3.05) is 27.4 Å². The van der Waals surface area contributed by atoms with Crippen molar-refractivity contribution in [3.05, 3.63) is 59.7 Å². The van der Waals surface area contributed by atoms with Crippen LogP contribution in [0.4, 0.5) is 0 Å². The van der Waals surface area contributed by atoms with E-state index in [4.69, 9.17) is 18.9 Å². The zero-order valence-electron chi connectivity index (χ0n) is 16.0. The van der Waals surface area contributed by atoms with Crippen LogP contribution in [0.5, 0.6) is 11.5 Å². The lowest BCUT2D eigenvalue weighted by Gasteiger charge is -2.16. The maximum atomic E-state index is 11.9. The standard InChI is InChI=1S/C20H24O5.C2H2/c1-15(14-22-2)25-19-12-17(20(21)23-3)11-18(13-19)24-10-9-16-7-5-4-6-8-16;1-2/h4-8,11-13,15H,9-10,14H2,1-3H3;1-2H/t15-;/m0./s1. The molecule has 27 heavy (non-hydrogen) atoms. The van der Waals surface area contributed by atoms with Crippen molar-refractivity contribution in [3.8, 4) is 24.3 Å². The predicted octanol–water partition coefficient (Wildman–Crippen LogP) is 3.76. The Bertz CT molecular complexity index is 709. The van der Waals surface area contributed by atoms with Crippen LogP contribution in [0.3, 0.4) is 0 Å². The predicted molar refractivity (Wildman–Crippen MR) is 105 cm³/mol.